The maximum absolute atomic E-state index is 10.3. The zero-order valence-corrected chi connectivity index (χ0v) is 18.1. The van der Waals surface area contributed by atoms with Gasteiger partial charge in [0.25, 0.3) is 0 Å². The lowest BCUT2D eigenvalue weighted by Crippen LogP contribution is -2.42. The van der Waals surface area contributed by atoms with E-state index >= 15 is 0 Å². The number of phosphoric acid groups is 1. The van der Waals surface area contributed by atoms with E-state index in [9.17, 15) is 14.4 Å². The van der Waals surface area contributed by atoms with Gasteiger partial charge in [0.05, 0.1) is 12.8 Å². The molecule has 0 amide bonds. The molecule has 0 saturated carbocycles. The van der Waals surface area contributed by atoms with Crippen molar-refractivity contribution in [2.24, 2.45) is 0 Å². The van der Waals surface area contributed by atoms with Crippen molar-refractivity contribution < 1.29 is 71.6 Å². The highest BCUT2D eigenvalue weighted by molar-refractivity contribution is 7.79. The van der Waals surface area contributed by atoms with Crippen LogP contribution in [-0.2, 0) is 29.3 Å². The number of hydrogen-bond acceptors (Lipinski definition) is 15. The Morgan fingerprint density at radius 2 is 0.806 bits per heavy atom. The molecule has 0 fully saturated rings. The third kappa shape index (κ3) is 96.5. The monoisotopic (exact) mass is 524 g/mol. The number of carbonyl (C=O) groups is 3. The van der Waals surface area contributed by atoms with Crippen LogP contribution in [0.5, 0.6) is 0 Å². The quantitative estimate of drug-likeness (QED) is 0.143. The van der Waals surface area contributed by atoms with Crippen molar-refractivity contribution in [3.63, 3.8) is 0 Å². The van der Waals surface area contributed by atoms with Gasteiger partial charge in [-0.15, -0.1) is 0 Å². The molecule has 202 valence electrons. The second kappa shape index (κ2) is 28.0. The smallest absolute Gasteiger partial charge is 0.466 e. The average molecular weight is 524 g/mol. The van der Waals surface area contributed by atoms with Crippen LogP contribution in [0.3, 0.4) is 0 Å². The highest BCUT2D eigenvalue weighted by Crippen LogP contribution is 2.25. The van der Waals surface area contributed by atoms with Crippen molar-refractivity contribution in [3.8, 4) is 0 Å². The minimum Gasteiger partial charge on any atom is -0.481 e. The van der Waals surface area contributed by atoms with Crippen molar-refractivity contribution in [2.45, 2.75) is 18.4 Å². The number of hydrogen-bond donors (Lipinski definition) is 17. The van der Waals surface area contributed by atoms with Gasteiger partial charge in [0, 0.05) is 0 Å². The lowest BCUT2D eigenvalue weighted by atomic mass is 9.96. The Labute approximate surface area is 176 Å². The molecular weight excluding hydrogens is 487 g/mol. The molecule has 0 radical (unpaired) electrons. The van der Waals surface area contributed by atoms with Gasteiger partial charge in [-0.1, -0.05) is 0 Å². The summed E-state index contributed by atoms with van der Waals surface area (Å²) in [6, 6.07) is 0. The zero-order chi connectivity index (χ0) is 19.6. The molecule has 31 heavy (non-hydrogen) atoms. The van der Waals surface area contributed by atoms with Gasteiger partial charge < -0.3 is 84.3 Å². The molecule has 0 aromatic heterocycles. The van der Waals surface area contributed by atoms with Crippen LogP contribution in [0.4, 0.5) is 0 Å². The minimum atomic E-state index is -4.67. The van der Waals surface area contributed by atoms with Crippen molar-refractivity contribution in [1.29, 1.82) is 0 Å². The lowest BCUT2D eigenvalue weighted by molar-refractivity contribution is -0.170. The van der Waals surface area contributed by atoms with Crippen LogP contribution in [0.15, 0.2) is 0 Å². The van der Waals surface area contributed by atoms with Crippen LogP contribution < -0.4 is 49.2 Å². The summed E-state index contributed by atoms with van der Waals surface area (Å²) in [4.78, 5) is 52.0. The molecule has 33 N–H and O–H groups in total. The van der Waals surface area contributed by atoms with Crippen LogP contribution in [0, 0.1) is 0 Å². The third-order valence-corrected chi connectivity index (χ3v) is 1.29. The summed E-state index contributed by atoms with van der Waals surface area (Å²) in [5.74, 6) is -5.02. The maximum atomic E-state index is 10.3. The molecule has 0 aliphatic heterocycles. The highest BCUT2D eigenvalue weighted by Gasteiger charge is 2.40. The van der Waals surface area contributed by atoms with Gasteiger partial charge in [-0.25, -0.2) is 9.36 Å². The Kier molecular flexibility index (Phi) is 63.4. The van der Waals surface area contributed by atoms with Crippen molar-refractivity contribution in [1.82, 2.24) is 49.2 Å². The van der Waals surface area contributed by atoms with Crippen molar-refractivity contribution >= 4 is 36.1 Å². The first-order valence-electron chi connectivity index (χ1n) is 4.65. The first kappa shape index (κ1) is 70.2. The Bertz CT molecular complexity index is 550. The van der Waals surface area contributed by atoms with E-state index in [4.69, 9.17) is 57.2 Å². The van der Waals surface area contributed by atoms with Gasteiger partial charge in [-0.05, 0) is 0 Å². The maximum Gasteiger partial charge on any atom is 0.466 e. The predicted octanol–water partition coefficient (Wildman–Crippen LogP) is -1.53. The zero-order valence-electron chi connectivity index (χ0n) is 16.4. The molecule has 25 heteroatoms. The fourth-order valence-corrected chi connectivity index (χ4v) is 0.714. The summed E-state index contributed by atoms with van der Waals surface area (Å²) < 4.78 is 40.5. The fraction of sp³-hybridized carbons (Fsp3) is 0.500. The largest absolute Gasteiger partial charge is 0.481 e. The van der Waals surface area contributed by atoms with Gasteiger partial charge in [-0.3, -0.25) is 18.7 Å². The van der Waals surface area contributed by atoms with E-state index in [2.05, 4.69) is 0 Å². The van der Waals surface area contributed by atoms with Gasteiger partial charge in [0.1, 0.15) is 0 Å². The molecule has 0 saturated heterocycles. The van der Waals surface area contributed by atoms with Crippen LogP contribution in [0.2, 0.25) is 0 Å². The number of aliphatic hydroxyl groups is 1. The highest BCUT2D eigenvalue weighted by atomic mass is 32.3. The summed E-state index contributed by atoms with van der Waals surface area (Å²) in [5, 5.41) is 33.8. The first-order chi connectivity index (χ1) is 9.78. The molecule has 0 rings (SSSR count). The number of aliphatic carboxylic acids is 3. The molecule has 0 atom stereocenters. The number of rotatable bonds is 5. The normalized spacial score (nSPS) is 8.32. The molecule has 23 nitrogen and oxygen atoms in total. The van der Waals surface area contributed by atoms with E-state index in [0.29, 0.717) is 0 Å². The minimum absolute atomic E-state index is 0. The Morgan fingerprint density at radius 3 is 0.871 bits per heavy atom. The summed E-state index contributed by atoms with van der Waals surface area (Å²) in [6.45, 7) is 0. The van der Waals surface area contributed by atoms with Gasteiger partial charge in [0.2, 0.25) is 0 Å². The van der Waals surface area contributed by atoms with Crippen molar-refractivity contribution in [3.05, 3.63) is 0 Å². The lowest BCUT2D eigenvalue weighted by Gasteiger charge is -2.18. The summed E-state index contributed by atoms with van der Waals surface area (Å²) in [5.41, 5.74) is -2.74. The van der Waals surface area contributed by atoms with Gasteiger partial charge >= 0.3 is 36.1 Å². The standard InChI is InChI=1S/C6H8O7.8H3N.H3O4P.H2O4S/c7-3(8)1-6(13,5(11)12)2-4(9)10;;;;;;;;;2*1-5(2,3)4/h13H,1-2H2,(H,7,8)(H,9,10)(H,11,12);8*1H3;(H3,1,2,3,4);(H2,1,2,3,4). The molecule has 0 aromatic carbocycles. The van der Waals surface area contributed by atoms with E-state index in [0.717, 1.165) is 0 Å². The summed E-state index contributed by atoms with van der Waals surface area (Å²) in [7, 11) is -9.31. The fourth-order valence-electron chi connectivity index (χ4n) is 0.714. The number of carboxylic acid groups (broad SMARTS) is 3. The topological polar surface area (TPSA) is 564 Å². The van der Waals surface area contributed by atoms with Crippen molar-refractivity contribution in [2.75, 3.05) is 0 Å². The van der Waals surface area contributed by atoms with Gasteiger partial charge in [-0.2, -0.15) is 8.42 Å². The van der Waals surface area contributed by atoms with E-state index in [1.165, 1.54) is 0 Å². The first-order valence-corrected chi connectivity index (χ1v) is 7.61. The SMILES string of the molecule is N.N.N.N.N.N.N.N.O=C(O)CC(O)(CC(=O)O)C(=O)O.O=P(O)(O)O.O=S(=O)(O)O. The molecule has 0 aliphatic rings. The van der Waals surface area contributed by atoms with Gasteiger partial charge in [0.15, 0.2) is 5.60 Å². The summed E-state index contributed by atoms with van der Waals surface area (Å²) >= 11 is 0. The third-order valence-electron chi connectivity index (χ3n) is 1.29. The van der Waals surface area contributed by atoms with Crippen LogP contribution >= 0.6 is 7.82 Å². The van der Waals surface area contributed by atoms with E-state index < -0.39 is 54.6 Å². The molecular formula is C6H37N8O15PS. The molecule has 0 aliphatic carbocycles. The Balaban J connectivity index is -0.0000000217. The molecule has 0 unspecified atom stereocenters. The Morgan fingerprint density at radius 1 is 0.677 bits per heavy atom. The van der Waals surface area contributed by atoms with E-state index in [1.54, 1.807) is 0 Å². The van der Waals surface area contributed by atoms with E-state index in [1.807, 2.05) is 0 Å². The molecule has 0 bridgehead atoms. The number of carboxylic acids is 3. The van der Waals surface area contributed by atoms with Crippen LogP contribution in [0.1, 0.15) is 12.8 Å². The molecule has 0 heterocycles. The summed E-state index contributed by atoms with van der Waals surface area (Å²) in [6.07, 6.45) is -2.29. The Hall–Kier alpha value is -1.97. The second-order valence-electron chi connectivity index (χ2n) is 3.44. The predicted molar refractivity (Wildman–Crippen MR) is 106 cm³/mol. The molecule has 0 spiro atoms. The van der Waals surface area contributed by atoms with E-state index in [-0.39, 0.29) is 49.2 Å². The average Bonchev–Trinajstić information content (AvgIpc) is 2.07. The molecule has 0 aromatic rings. The van der Waals surface area contributed by atoms with Crippen LogP contribution in [-0.4, -0.2) is 76.1 Å². The second-order valence-corrected chi connectivity index (χ2v) is 5.36. The van der Waals surface area contributed by atoms with Crippen LogP contribution in [0.25, 0.3) is 0 Å².